The van der Waals surface area contributed by atoms with Crippen LogP contribution in [-0.4, -0.2) is 44.3 Å². The molecule has 0 aliphatic carbocycles. The number of aliphatic hydroxyl groups excluding tert-OH is 1. The van der Waals surface area contributed by atoms with E-state index in [2.05, 4.69) is 14.9 Å². The summed E-state index contributed by atoms with van der Waals surface area (Å²) in [5, 5.41) is 23.4. The second-order valence-electron chi connectivity index (χ2n) is 3.06. The molecule has 0 saturated carbocycles. The summed E-state index contributed by atoms with van der Waals surface area (Å²) in [6, 6.07) is -1.10. The van der Waals surface area contributed by atoms with Crippen LogP contribution in [0.2, 0.25) is 0 Å². The molecule has 0 radical (unpaired) electrons. The Kier molecular flexibility index (Phi) is 4.32. The molecule has 16 heavy (non-hydrogen) atoms. The lowest BCUT2D eigenvalue weighted by atomic mass is 10.2. The molecular weight excluding hydrogens is 234 g/mol. The molecule has 0 aromatic carbocycles. The van der Waals surface area contributed by atoms with Crippen molar-refractivity contribution < 1.29 is 19.8 Å². The first kappa shape index (κ1) is 12.5. The first-order valence-electron chi connectivity index (χ1n) is 4.49. The smallest absolute Gasteiger partial charge is 0.326 e. The van der Waals surface area contributed by atoms with Gasteiger partial charge in [0, 0.05) is 13.0 Å². The molecule has 0 saturated heterocycles. The lowest BCUT2D eigenvalue weighted by molar-refractivity contribution is -0.139. The van der Waals surface area contributed by atoms with Gasteiger partial charge in [0.2, 0.25) is 0 Å². The molecule has 88 valence electrons. The van der Waals surface area contributed by atoms with E-state index in [0.29, 0.717) is 5.69 Å². The van der Waals surface area contributed by atoms with Crippen molar-refractivity contribution in [3.8, 4) is 0 Å². The molecule has 7 nitrogen and oxygen atoms in total. The summed E-state index contributed by atoms with van der Waals surface area (Å²) < 4.78 is 3.57. The summed E-state index contributed by atoms with van der Waals surface area (Å²) in [6.07, 6.45) is -0.0354. The van der Waals surface area contributed by atoms with Crippen molar-refractivity contribution in [2.45, 2.75) is 19.4 Å². The fraction of sp³-hybridized carbons (Fsp3) is 0.500. The maximum Gasteiger partial charge on any atom is 0.326 e. The monoisotopic (exact) mass is 245 g/mol. The highest BCUT2D eigenvalue weighted by molar-refractivity contribution is 7.08. The Morgan fingerprint density at radius 1 is 1.56 bits per heavy atom. The highest BCUT2D eigenvalue weighted by atomic mass is 32.1. The number of carboxylic acids is 1. The third-order valence-electron chi connectivity index (χ3n) is 1.88. The zero-order valence-corrected chi connectivity index (χ0v) is 9.32. The van der Waals surface area contributed by atoms with E-state index in [1.807, 2.05) is 0 Å². The number of carboxylic acid groups (broad SMARTS) is 1. The third kappa shape index (κ3) is 2.97. The molecule has 1 rings (SSSR count). The Morgan fingerprint density at radius 2 is 2.25 bits per heavy atom. The highest BCUT2D eigenvalue weighted by Crippen LogP contribution is 2.09. The average Bonchev–Trinajstić information content (AvgIpc) is 2.63. The van der Waals surface area contributed by atoms with E-state index < -0.39 is 17.9 Å². The van der Waals surface area contributed by atoms with Gasteiger partial charge in [0.25, 0.3) is 5.91 Å². The molecule has 8 heteroatoms. The molecule has 3 N–H and O–H groups in total. The van der Waals surface area contributed by atoms with Crippen LogP contribution in [0.1, 0.15) is 21.8 Å². The topological polar surface area (TPSA) is 112 Å². The number of amides is 1. The number of carbonyl (C=O) groups excluding carboxylic acids is 1. The maximum absolute atomic E-state index is 11.6. The van der Waals surface area contributed by atoms with Crippen molar-refractivity contribution in [1.29, 1.82) is 0 Å². The second-order valence-corrected chi connectivity index (χ2v) is 3.82. The van der Waals surface area contributed by atoms with Gasteiger partial charge in [-0.1, -0.05) is 4.49 Å². The number of carbonyl (C=O) groups is 2. The first-order valence-corrected chi connectivity index (χ1v) is 5.27. The highest BCUT2D eigenvalue weighted by Gasteiger charge is 2.22. The lowest BCUT2D eigenvalue weighted by Gasteiger charge is -2.11. The Labute approximate surface area is 95.3 Å². The Balaban J connectivity index is 2.69. The van der Waals surface area contributed by atoms with E-state index >= 15 is 0 Å². The Hall–Kier alpha value is -1.54. The van der Waals surface area contributed by atoms with E-state index in [9.17, 15) is 9.59 Å². The minimum absolute atomic E-state index is 0.0354. The standard InChI is InChI=1S/C8H11N3O4S/c1-4-6(16-11-10-4)7(13)9-5(2-3-12)8(14)15/h5,12H,2-3H2,1H3,(H,9,13)(H,14,15)/t5-/m0/s1. The van der Waals surface area contributed by atoms with Crippen LogP contribution in [0, 0.1) is 6.92 Å². The molecule has 1 amide bonds. The van der Waals surface area contributed by atoms with Gasteiger partial charge in [0.05, 0.1) is 5.69 Å². The average molecular weight is 245 g/mol. The minimum atomic E-state index is -1.18. The zero-order valence-electron chi connectivity index (χ0n) is 8.51. The van der Waals surface area contributed by atoms with Crippen molar-refractivity contribution in [1.82, 2.24) is 14.9 Å². The normalized spacial score (nSPS) is 12.1. The van der Waals surface area contributed by atoms with E-state index in [0.717, 1.165) is 11.5 Å². The van der Waals surface area contributed by atoms with E-state index in [1.54, 1.807) is 6.92 Å². The van der Waals surface area contributed by atoms with E-state index in [1.165, 1.54) is 0 Å². The predicted octanol–water partition coefficient (Wildman–Crippen LogP) is -0.588. The summed E-state index contributed by atoms with van der Waals surface area (Å²) in [5.74, 6) is -1.72. The van der Waals surface area contributed by atoms with Crippen LogP contribution in [0.3, 0.4) is 0 Å². The quantitative estimate of drug-likeness (QED) is 0.639. The lowest BCUT2D eigenvalue weighted by Crippen LogP contribution is -2.41. The number of aliphatic hydroxyl groups is 1. The number of aliphatic carboxylic acids is 1. The molecule has 0 aliphatic heterocycles. The van der Waals surface area contributed by atoms with Crippen molar-refractivity contribution in [2.75, 3.05) is 6.61 Å². The summed E-state index contributed by atoms with van der Waals surface area (Å²) in [4.78, 5) is 22.6. The van der Waals surface area contributed by atoms with Crippen molar-refractivity contribution in [3.63, 3.8) is 0 Å². The van der Waals surface area contributed by atoms with Crippen molar-refractivity contribution in [3.05, 3.63) is 10.6 Å². The number of rotatable bonds is 5. The molecule has 0 bridgehead atoms. The zero-order chi connectivity index (χ0) is 12.1. The number of aromatic nitrogens is 2. The fourth-order valence-corrected chi connectivity index (χ4v) is 1.61. The van der Waals surface area contributed by atoms with Gasteiger partial charge in [-0.25, -0.2) is 4.79 Å². The van der Waals surface area contributed by atoms with Crippen molar-refractivity contribution in [2.24, 2.45) is 0 Å². The maximum atomic E-state index is 11.6. The van der Waals surface area contributed by atoms with Crippen LogP contribution < -0.4 is 5.32 Å². The number of hydrogen-bond donors (Lipinski definition) is 3. The van der Waals surface area contributed by atoms with Crippen LogP contribution in [0.25, 0.3) is 0 Å². The largest absolute Gasteiger partial charge is 0.480 e. The number of hydrogen-bond acceptors (Lipinski definition) is 6. The predicted molar refractivity (Wildman–Crippen MR) is 55.2 cm³/mol. The summed E-state index contributed by atoms with van der Waals surface area (Å²) >= 11 is 0.901. The van der Waals surface area contributed by atoms with Gasteiger partial charge < -0.3 is 15.5 Å². The van der Waals surface area contributed by atoms with Gasteiger partial charge in [0.15, 0.2) is 0 Å². The summed E-state index contributed by atoms with van der Waals surface area (Å²) in [5.41, 5.74) is 0.454. The minimum Gasteiger partial charge on any atom is -0.480 e. The SMILES string of the molecule is Cc1nnsc1C(=O)N[C@@H](CCO)C(=O)O. The number of nitrogens with zero attached hydrogens (tertiary/aromatic N) is 2. The Morgan fingerprint density at radius 3 is 2.69 bits per heavy atom. The van der Waals surface area contributed by atoms with Gasteiger partial charge >= 0.3 is 5.97 Å². The summed E-state index contributed by atoms with van der Waals surface area (Å²) in [7, 11) is 0. The van der Waals surface area contributed by atoms with Gasteiger partial charge in [-0.05, 0) is 18.5 Å². The van der Waals surface area contributed by atoms with Crippen molar-refractivity contribution >= 4 is 23.4 Å². The number of aryl methyl sites for hydroxylation is 1. The molecule has 0 fully saturated rings. The van der Waals surface area contributed by atoms with Crippen LogP contribution in [0.4, 0.5) is 0 Å². The molecule has 0 unspecified atom stereocenters. The number of nitrogens with one attached hydrogen (secondary N) is 1. The molecule has 0 aliphatic rings. The van der Waals surface area contributed by atoms with Gasteiger partial charge in [0.1, 0.15) is 10.9 Å². The van der Waals surface area contributed by atoms with E-state index in [-0.39, 0.29) is 17.9 Å². The van der Waals surface area contributed by atoms with E-state index in [4.69, 9.17) is 10.2 Å². The van der Waals surface area contributed by atoms with Crippen LogP contribution >= 0.6 is 11.5 Å². The fourth-order valence-electron chi connectivity index (χ4n) is 1.05. The van der Waals surface area contributed by atoms with Gasteiger partial charge in [-0.2, -0.15) is 0 Å². The molecule has 1 aromatic rings. The second kappa shape index (κ2) is 5.52. The van der Waals surface area contributed by atoms with Crippen LogP contribution in [0.5, 0.6) is 0 Å². The summed E-state index contributed by atoms with van der Waals surface area (Å²) in [6.45, 7) is 1.30. The third-order valence-corrected chi connectivity index (χ3v) is 2.71. The molecular formula is C8H11N3O4S. The van der Waals surface area contributed by atoms with Crippen LogP contribution in [-0.2, 0) is 4.79 Å². The molecule has 1 atom stereocenters. The van der Waals surface area contributed by atoms with Gasteiger partial charge in [-0.3, -0.25) is 4.79 Å². The van der Waals surface area contributed by atoms with Gasteiger partial charge in [-0.15, -0.1) is 5.10 Å². The molecule has 1 heterocycles. The molecule has 1 aromatic heterocycles. The Bertz CT molecular complexity index is 392. The molecule has 0 spiro atoms. The first-order chi connectivity index (χ1) is 7.56. The van der Waals surface area contributed by atoms with Crippen LogP contribution in [0.15, 0.2) is 0 Å².